The third-order valence-electron chi connectivity index (χ3n) is 3.00. The van der Waals surface area contributed by atoms with Crippen molar-refractivity contribution in [2.24, 2.45) is 0 Å². The lowest BCUT2D eigenvalue weighted by Crippen LogP contribution is -2.42. The Morgan fingerprint density at radius 3 is 2.60 bits per heavy atom. The number of likely N-dealkylation sites (N-methyl/N-ethyl adjacent to an activating group) is 1. The maximum Gasteiger partial charge on any atom is 0.260 e. The second-order valence-corrected chi connectivity index (χ2v) is 4.78. The molecule has 0 radical (unpaired) electrons. The van der Waals surface area contributed by atoms with Crippen LogP contribution in [0.15, 0.2) is 24.3 Å². The van der Waals surface area contributed by atoms with Crippen molar-refractivity contribution in [2.45, 2.75) is 32.9 Å². The summed E-state index contributed by atoms with van der Waals surface area (Å²) in [7, 11) is 1.84. The SMILES string of the molecule is CNC(C)CNC(=O)C(C)Oc1cccc(C(C)=O)c1. The molecule has 20 heavy (non-hydrogen) atoms. The zero-order chi connectivity index (χ0) is 15.1. The van der Waals surface area contributed by atoms with Gasteiger partial charge in [0.15, 0.2) is 11.9 Å². The number of hydrogen-bond donors (Lipinski definition) is 2. The van der Waals surface area contributed by atoms with Crippen LogP contribution in [0.5, 0.6) is 5.75 Å². The summed E-state index contributed by atoms with van der Waals surface area (Å²) in [5.41, 5.74) is 0.568. The fourth-order valence-electron chi connectivity index (χ4n) is 1.55. The third kappa shape index (κ3) is 5.01. The highest BCUT2D eigenvalue weighted by Crippen LogP contribution is 2.15. The summed E-state index contributed by atoms with van der Waals surface area (Å²) in [4.78, 5) is 23.1. The Labute approximate surface area is 119 Å². The van der Waals surface area contributed by atoms with E-state index < -0.39 is 6.10 Å². The first-order valence-corrected chi connectivity index (χ1v) is 6.66. The van der Waals surface area contributed by atoms with E-state index in [1.54, 1.807) is 31.2 Å². The summed E-state index contributed by atoms with van der Waals surface area (Å²) < 4.78 is 5.55. The van der Waals surface area contributed by atoms with Crippen LogP contribution in [0.4, 0.5) is 0 Å². The van der Waals surface area contributed by atoms with E-state index >= 15 is 0 Å². The summed E-state index contributed by atoms with van der Waals surface area (Å²) in [5.74, 6) is 0.303. The molecule has 0 heterocycles. The molecule has 0 aliphatic rings. The molecule has 110 valence electrons. The molecule has 1 rings (SSSR count). The maximum atomic E-state index is 11.9. The molecule has 5 nitrogen and oxygen atoms in total. The van der Waals surface area contributed by atoms with Crippen LogP contribution in [0.3, 0.4) is 0 Å². The molecule has 1 aromatic rings. The Kier molecular flexibility index (Phi) is 6.18. The molecule has 0 saturated heterocycles. The highest BCUT2D eigenvalue weighted by molar-refractivity contribution is 5.94. The lowest BCUT2D eigenvalue weighted by atomic mass is 10.1. The van der Waals surface area contributed by atoms with Crippen molar-refractivity contribution in [1.29, 1.82) is 0 Å². The van der Waals surface area contributed by atoms with E-state index in [0.717, 1.165) is 0 Å². The van der Waals surface area contributed by atoms with Gasteiger partial charge in [0.2, 0.25) is 0 Å². The second kappa shape index (κ2) is 7.65. The number of ketones is 1. The van der Waals surface area contributed by atoms with Crippen molar-refractivity contribution in [3.8, 4) is 5.75 Å². The van der Waals surface area contributed by atoms with Crippen LogP contribution < -0.4 is 15.4 Å². The average Bonchev–Trinajstić information content (AvgIpc) is 2.44. The third-order valence-corrected chi connectivity index (χ3v) is 3.00. The second-order valence-electron chi connectivity index (χ2n) is 4.78. The molecule has 0 aliphatic heterocycles. The van der Waals surface area contributed by atoms with Gasteiger partial charge < -0.3 is 15.4 Å². The Balaban J connectivity index is 2.57. The number of ether oxygens (including phenoxy) is 1. The average molecular weight is 278 g/mol. The summed E-state index contributed by atoms with van der Waals surface area (Å²) >= 11 is 0. The maximum absolute atomic E-state index is 11.9. The van der Waals surface area contributed by atoms with Gasteiger partial charge in [0.25, 0.3) is 5.91 Å². The lowest BCUT2D eigenvalue weighted by Gasteiger charge is -2.17. The molecule has 0 aliphatic carbocycles. The van der Waals surface area contributed by atoms with Gasteiger partial charge in [-0.05, 0) is 40.0 Å². The van der Waals surface area contributed by atoms with Crippen molar-refractivity contribution in [1.82, 2.24) is 10.6 Å². The van der Waals surface area contributed by atoms with Crippen LogP contribution in [0, 0.1) is 0 Å². The van der Waals surface area contributed by atoms with E-state index in [-0.39, 0.29) is 17.7 Å². The van der Waals surface area contributed by atoms with Gasteiger partial charge in [0, 0.05) is 18.2 Å². The Morgan fingerprint density at radius 2 is 2.00 bits per heavy atom. The van der Waals surface area contributed by atoms with E-state index in [9.17, 15) is 9.59 Å². The van der Waals surface area contributed by atoms with Crippen LogP contribution in [0.25, 0.3) is 0 Å². The fourth-order valence-corrected chi connectivity index (χ4v) is 1.55. The van der Waals surface area contributed by atoms with Gasteiger partial charge in [0.05, 0.1) is 0 Å². The molecular weight excluding hydrogens is 256 g/mol. The van der Waals surface area contributed by atoms with Gasteiger partial charge in [-0.15, -0.1) is 0 Å². The smallest absolute Gasteiger partial charge is 0.260 e. The van der Waals surface area contributed by atoms with Crippen LogP contribution in [0.2, 0.25) is 0 Å². The Hall–Kier alpha value is -1.88. The number of benzene rings is 1. The molecule has 1 amide bonds. The van der Waals surface area contributed by atoms with Crippen molar-refractivity contribution in [3.63, 3.8) is 0 Å². The monoisotopic (exact) mass is 278 g/mol. The highest BCUT2D eigenvalue weighted by Gasteiger charge is 2.15. The van der Waals surface area contributed by atoms with Crippen LogP contribution in [-0.2, 0) is 4.79 Å². The molecule has 0 saturated carbocycles. The van der Waals surface area contributed by atoms with Gasteiger partial charge >= 0.3 is 0 Å². The minimum Gasteiger partial charge on any atom is -0.481 e. The molecule has 0 spiro atoms. The van der Waals surface area contributed by atoms with Gasteiger partial charge in [0.1, 0.15) is 5.75 Å². The number of amides is 1. The lowest BCUT2D eigenvalue weighted by molar-refractivity contribution is -0.127. The molecule has 0 aromatic heterocycles. The molecule has 2 atom stereocenters. The van der Waals surface area contributed by atoms with Gasteiger partial charge in [-0.3, -0.25) is 9.59 Å². The molecule has 0 fully saturated rings. The number of carbonyl (C=O) groups is 2. The number of rotatable bonds is 7. The molecule has 2 N–H and O–H groups in total. The van der Waals surface area contributed by atoms with Crippen LogP contribution in [0.1, 0.15) is 31.1 Å². The zero-order valence-electron chi connectivity index (χ0n) is 12.4. The first-order chi connectivity index (χ1) is 9.43. The van der Waals surface area contributed by atoms with Crippen molar-refractivity contribution in [3.05, 3.63) is 29.8 Å². The number of carbonyl (C=O) groups excluding carboxylic acids is 2. The van der Waals surface area contributed by atoms with Gasteiger partial charge in [-0.1, -0.05) is 12.1 Å². The Morgan fingerprint density at radius 1 is 1.30 bits per heavy atom. The first kappa shape index (κ1) is 16.2. The molecular formula is C15H22N2O3. The number of hydrogen-bond acceptors (Lipinski definition) is 4. The van der Waals surface area contributed by atoms with Gasteiger partial charge in [-0.25, -0.2) is 0 Å². The highest BCUT2D eigenvalue weighted by atomic mass is 16.5. The van der Waals surface area contributed by atoms with E-state index in [0.29, 0.717) is 17.9 Å². The Bertz CT molecular complexity index is 474. The molecule has 1 aromatic carbocycles. The quantitative estimate of drug-likeness (QED) is 0.739. The fraction of sp³-hybridized carbons (Fsp3) is 0.467. The van der Waals surface area contributed by atoms with Crippen LogP contribution >= 0.6 is 0 Å². The largest absolute Gasteiger partial charge is 0.481 e. The summed E-state index contributed by atoms with van der Waals surface area (Å²) in [6.07, 6.45) is -0.610. The standard InChI is InChI=1S/C15H22N2O3/c1-10(16-4)9-17-15(19)12(3)20-14-7-5-6-13(8-14)11(2)18/h5-8,10,12,16H,9H2,1-4H3,(H,17,19). The van der Waals surface area contributed by atoms with E-state index in [1.165, 1.54) is 6.92 Å². The van der Waals surface area contributed by atoms with E-state index in [1.807, 2.05) is 14.0 Å². The minimum absolute atomic E-state index is 0.0320. The summed E-state index contributed by atoms with van der Waals surface area (Å²) in [6.45, 7) is 5.69. The number of nitrogens with one attached hydrogen (secondary N) is 2. The minimum atomic E-state index is -0.610. The van der Waals surface area contributed by atoms with Crippen molar-refractivity contribution in [2.75, 3.05) is 13.6 Å². The normalized spacial score (nSPS) is 13.4. The zero-order valence-corrected chi connectivity index (χ0v) is 12.4. The van der Waals surface area contributed by atoms with Crippen LogP contribution in [-0.4, -0.2) is 37.4 Å². The topological polar surface area (TPSA) is 67.4 Å². The van der Waals surface area contributed by atoms with E-state index in [2.05, 4.69) is 10.6 Å². The molecule has 2 unspecified atom stereocenters. The van der Waals surface area contributed by atoms with Gasteiger partial charge in [-0.2, -0.15) is 0 Å². The summed E-state index contributed by atoms with van der Waals surface area (Å²) in [6, 6.07) is 7.02. The summed E-state index contributed by atoms with van der Waals surface area (Å²) in [5, 5.41) is 5.83. The molecule has 5 heteroatoms. The predicted molar refractivity (Wildman–Crippen MR) is 78.1 cm³/mol. The molecule has 0 bridgehead atoms. The first-order valence-electron chi connectivity index (χ1n) is 6.66. The van der Waals surface area contributed by atoms with Crippen molar-refractivity contribution < 1.29 is 14.3 Å². The predicted octanol–water partition coefficient (Wildman–Crippen LogP) is 1.38. The number of Topliss-reactive ketones (excluding diaryl/α,β-unsaturated/α-hetero) is 1. The van der Waals surface area contributed by atoms with E-state index in [4.69, 9.17) is 4.74 Å². The van der Waals surface area contributed by atoms with Crippen molar-refractivity contribution >= 4 is 11.7 Å².